The Bertz CT molecular complexity index is 1010. The van der Waals surface area contributed by atoms with Crippen molar-refractivity contribution in [1.82, 2.24) is 10.6 Å². The number of carbonyl (C=O) groups is 2. The second kappa shape index (κ2) is 12.4. The van der Waals surface area contributed by atoms with Gasteiger partial charge in [-0.05, 0) is 87.1 Å². The van der Waals surface area contributed by atoms with E-state index in [2.05, 4.69) is 60.7 Å². The van der Waals surface area contributed by atoms with Crippen LogP contribution in [0.1, 0.15) is 21.8 Å². The number of hydrogen-bond donors (Lipinski definition) is 2. The zero-order valence-corrected chi connectivity index (χ0v) is 22.4. The number of methoxy groups -OCH3 is 1. The summed E-state index contributed by atoms with van der Waals surface area (Å²) in [7, 11) is 1.60. The number of carbonyl (C=O) groups excluding carboxylic acids is 2. The van der Waals surface area contributed by atoms with Gasteiger partial charge in [-0.25, -0.2) is 0 Å². The van der Waals surface area contributed by atoms with E-state index in [1.165, 1.54) is 0 Å². The van der Waals surface area contributed by atoms with Crippen LogP contribution in [0.15, 0.2) is 36.4 Å². The Morgan fingerprint density at radius 1 is 1.15 bits per heavy atom. The van der Waals surface area contributed by atoms with Crippen LogP contribution in [0.3, 0.4) is 0 Å². The van der Waals surface area contributed by atoms with Crippen molar-refractivity contribution in [2.75, 3.05) is 51.4 Å². The Kier molecular flexibility index (Phi) is 9.57. The van der Waals surface area contributed by atoms with E-state index in [1.54, 1.807) is 19.2 Å². The summed E-state index contributed by atoms with van der Waals surface area (Å²) in [6.07, 6.45) is 0. The minimum atomic E-state index is -0.650. The molecule has 0 radical (unpaired) electrons. The Morgan fingerprint density at radius 3 is 2.36 bits per heavy atom. The summed E-state index contributed by atoms with van der Waals surface area (Å²) in [4.78, 5) is 27.8. The van der Waals surface area contributed by atoms with Crippen LogP contribution in [0.5, 0.6) is 5.75 Å². The first-order valence-corrected chi connectivity index (χ1v) is 12.5. The van der Waals surface area contributed by atoms with E-state index in [0.717, 1.165) is 37.2 Å². The van der Waals surface area contributed by atoms with Gasteiger partial charge in [0.15, 0.2) is 0 Å². The zero-order chi connectivity index (χ0) is 23.8. The molecule has 8 nitrogen and oxygen atoms in total. The number of nitrogens with zero attached hydrogens (tertiary/aromatic N) is 2. The van der Waals surface area contributed by atoms with Crippen molar-refractivity contribution < 1.29 is 19.1 Å². The molecule has 33 heavy (non-hydrogen) atoms. The van der Waals surface area contributed by atoms with E-state index in [0.29, 0.717) is 18.8 Å². The third kappa shape index (κ3) is 6.70. The summed E-state index contributed by atoms with van der Waals surface area (Å²) < 4.78 is 12.5. The fourth-order valence-corrected chi connectivity index (χ4v) is 5.79. The van der Waals surface area contributed by atoms with Crippen LogP contribution >= 0.6 is 45.2 Å². The van der Waals surface area contributed by atoms with Gasteiger partial charge in [-0.15, -0.1) is 0 Å². The lowest BCUT2D eigenvalue weighted by Gasteiger charge is -2.28. The van der Waals surface area contributed by atoms with Gasteiger partial charge >= 0.3 is 0 Å². The molecule has 1 aliphatic heterocycles. The molecule has 1 aliphatic rings. The van der Waals surface area contributed by atoms with Crippen molar-refractivity contribution in [3.8, 4) is 11.8 Å². The molecule has 2 N–H and O–H groups in total. The number of hydrogen-bond acceptors (Lipinski definition) is 6. The summed E-state index contributed by atoms with van der Waals surface area (Å²) in [5.74, 6) is -0.501. The fourth-order valence-electron chi connectivity index (χ4n) is 3.53. The first-order chi connectivity index (χ1) is 15.9. The lowest BCUT2D eigenvalue weighted by molar-refractivity contribution is -0.122. The molecule has 1 saturated heterocycles. The van der Waals surface area contributed by atoms with Gasteiger partial charge in [0, 0.05) is 30.9 Å². The quantitative estimate of drug-likeness (QED) is 0.330. The van der Waals surface area contributed by atoms with E-state index in [1.807, 2.05) is 30.3 Å². The number of nitriles is 1. The summed E-state index contributed by atoms with van der Waals surface area (Å²) in [6, 6.07) is 13.0. The second-order valence-electron chi connectivity index (χ2n) is 7.30. The Morgan fingerprint density at radius 2 is 1.79 bits per heavy atom. The third-order valence-corrected chi connectivity index (χ3v) is 6.86. The SMILES string of the molecule is COc1c(I)cc(C(CNC(=O)c2ccc(N3CCOCC3)cc2)C(=O)NCC#N)cc1I. The highest BCUT2D eigenvalue weighted by atomic mass is 127. The Hall–Kier alpha value is -2.11. The van der Waals surface area contributed by atoms with Crippen LogP contribution in [-0.4, -0.2) is 58.3 Å². The molecule has 1 unspecified atom stereocenters. The summed E-state index contributed by atoms with van der Waals surface area (Å²) in [5.41, 5.74) is 2.30. The molecular weight excluding hydrogens is 650 g/mol. The number of morpholine rings is 1. The van der Waals surface area contributed by atoms with Gasteiger partial charge in [0.25, 0.3) is 5.91 Å². The van der Waals surface area contributed by atoms with E-state index in [-0.39, 0.29) is 24.9 Å². The third-order valence-electron chi connectivity index (χ3n) is 5.26. The van der Waals surface area contributed by atoms with Crippen LogP contribution in [-0.2, 0) is 9.53 Å². The number of amides is 2. The van der Waals surface area contributed by atoms with Crippen molar-refractivity contribution in [3.05, 3.63) is 54.7 Å². The molecule has 0 aromatic heterocycles. The van der Waals surface area contributed by atoms with Crippen LogP contribution in [0.25, 0.3) is 0 Å². The molecule has 0 bridgehead atoms. The number of ether oxygens (including phenoxy) is 2. The highest BCUT2D eigenvalue weighted by molar-refractivity contribution is 14.1. The van der Waals surface area contributed by atoms with Gasteiger partial charge in [-0.2, -0.15) is 5.26 Å². The average molecular weight is 674 g/mol. The van der Waals surface area contributed by atoms with Gasteiger partial charge in [0.05, 0.1) is 39.5 Å². The molecule has 1 fully saturated rings. The van der Waals surface area contributed by atoms with Crippen LogP contribution in [0.4, 0.5) is 5.69 Å². The van der Waals surface area contributed by atoms with Crippen molar-refractivity contribution >= 4 is 62.7 Å². The van der Waals surface area contributed by atoms with E-state index >= 15 is 0 Å². The fraction of sp³-hybridized carbons (Fsp3) is 0.348. The lowest BCUT2D eigenvalue weighted by Crippen LogP contribution is -2.38. The molecule has 1 atom stereocenters. The number of benzene rings is 2. The number of nitrogens with one attached hydrogen (secondary N) is 2. The number of halogens is 2. The van der Waals surface area contributed by atoms with Crippen molar-refractivity contribution in [2.45, 2.75) is 5.92 Å². The van der Waals surface area contributed by atoms with Crippen molar-refractivity contribution in [3.63, 3.8) is 0 Å². The molecule has 0 saturated carbocycles. The van der Waals surface area contributed by atoms with Gasteiger partial charge in [-0.3, -0.25) is 9.59 Å². The predicted octanol–water partition coefficient (Wildman–Crippen LogP) is 2.89. The topological polar surface area (TPSA) is 104 Å². The van der Waals surface area contributed by atoms with Crippen LogP contribution < -0.4 is 20.3 Å². The monoisotopic (exact) mass is 674 g/mol. The van der Waals surface area contributed by atoms with Crippen molar-refractivity contribution in [2.24, 2.45) is 0 Å². The van der Waals surface area contributed by atoms with Gasteiger partial charge in [-0.1, -0.05) is 0 Å². The maximum absolute atomic E-state index is 12.8. The number of rotatable bonds is 8. The molecule has 2 aromatic carbocycles. The van der Waals surface area contributed by atoms with Crippen LogP contribution in [0, 0.1) is 18.5 Å². The second-order valence-corrected chi connectivity index (χ2v) is 9.63. The number of anilines is 1. The molecule has 0 spiro atoms. The van der Waals surface area contributed by atoms with Gasteiger partial charge in [0.1, 0.15) is 12.3 Å². The molecule has 3 rings (SSSR count). The largest absolute Gasteiger partial charge is 0.495 e. The minimum absolute atomic E-state index is 0.0970. The summed E-state index contributed by atoms with van der Waals surface area (Å²) >= 11 is 4.31. The summed E-state index contributed by atoms with van der Waals surface area (Å²) in [5, 5.41) is 14.3. The molecule has 0 aliphatic carbocycles. The standard InChI is InChI=1S/C23H24I2N4O4/c1-32-21-19(24)12-16(13-20(21)25)18(23(31)27-7-6-26)14-28-22(30)15-2-4-17(5-3-15)29-8-10-33-11-9-29/h2-5,12-13,18H,7-11,14H2,1H3,(H,27,31)(H,28,30). The predicted molar refractivity (Wildman–Crippen MR) is 142 cm³/mol. The zero-order valence-electron chi connectivity index (χ0n) is 18.1. The first kappa shape index (κ1) is 25.5. The molecule has 10 heteroatoms. The molecule has 174 valence electrons. The Labute approximate surface area is 220 Å². The van der Waals surface area contributed by atoms with E-state index < -0.39 is 5.92 Å². The lowest BCUT2D eigenvalue weighted by atomic mass is 9.97. The van der Waals surface area contributed by atoms with Gasteiger partial charge < -0.3 is 25.0 Å². The average Bonchev–Trinajstić information content (AvgIpc) is 2.83. The summed E-state index contributed by atoms with van der Waals surface area (Å²) in [6.45, 7) is 3.03. The molecule has 2 aromatic rings. The molecule has 2 amide bonds. The van der Waals surface area contributed by atoms with Gasteiger partial charge in [0.2, 0.25) is 5.91 Å². The maximum atomic E-state index is 12.8. The molecular formula is C23H24I2N4O4. The van der Waals surface area contributed by atoms with E-state index in [4.69, 9.17) is 14.7 Å². The minimum Gasteiger partial charge on any atom is -0.495 e. The highest BCUT2D eigenvalue weighted by Gasteiger charge is 2.24. The van der Waals surface area contributed by atoms with Crippen LogP contribution in [0.2, 0.25) is 0 Å². The molecule has 1 heterocycles. The smallest absolute Gasteiger partial charge is 0.251 e. The first-order valence-electron chi connectivity index (χ1n) is 10.3. The van der Waals surface area contributed by atoms with E-state index in [9.17, 15) is 9.59 Å². The highest BCUT2D eigenvalue weighted by Crippen LogP contribution is 2.31. The Balaban J connectivity index is 1.73. The normalized spacial score (nSPS) is 14.2. The van der Waals surface area contributed by atoms with Crippen molar-refractivity contribution in [1.29, 1.82) is 5.26 Å². The maximum Gasteiger partial charge on any atom is 0.251 e.